The Labute approximate surface area is 388 Å². The van der Waals surface area contributed by atoms with E-state index in [2.05, 4.69) is 15.4 Å². The van der Waals surface area contributed by atoms with Crippen LogP contribution in [0.3, 0.4) is 0 Å². The number of hydrogen-bond donors (Lipinski definition) is 4. The first-order valence-corrected chi connectivity index (χ1v) is 24.5. The Kier molecular flexibility index (Phi) is 21.4. The number of methoxy groups -OCH3 is 2. The van der Waals surface area contributed by atoms with E-state index in [1.165, 1.54) is 14.2 Å². The number of nitrogens with zero attached hydrogens (tertiary/aromatic N) is 3. The zero-order valence-corrected chi connectivity index (χ0v) is 41.5. The van der Waals surface area contributed by atoms with Gasteiger partial charge >= 0.3 is 0 Å². The van der Waals surface area contributed by atoms with Crippen LogP contribution in [0.25, 0.3) is 0 Å². The number of sulfonamides is 1. The van der Waals surface area contributed by atoms with Gasteiger partial charge in [-0.15, -0.1) is 0 Å². The SMILES string of the molecule is CC[C@H](C)[C@@H]([C@@H](CC(=O)N1CCC[C@H]1[C@H](OC)[C@@H](C)C(=O)N[C@@H](CCc1ccccc1)C(=O)NS(=O)(=O)Cc1ccc(N)cc1)OC)N(C)C(=O)[C@@H](NC(=O)[C@H](C(C)C)N(C)C)C(C)C. The number of carbonyl (C=O) groups excluding carboxylic acids is 5. The van der Waals surface area contributed by atoms with Gasteiger partial charge in [-0.05, 0) is 80.8 Å². The maximum Gasteiger partial charge on any atom is 0.256 e. The summed E-state index contributed by atoms with van der Waals surface area (Å²) in [6, 6.07) is 12.2. The van der Waals surface area contributed by atoms with Gasteiger partial charge in [-0.2, -0.15) is 0 Å². The zero-order valence-electron chi connectivity index (χ0n) is 40.7. The summed E-state index contributed by atoms with van der Waals surface area (Å²) in [7, 11) is 4.22. The fourth-order valence-corrected chi connectivity index (χ4v) is 10.2. The van der Waals surface area contributed by atoms with Crippen LogP contribution in [0, 0.1) is 23.7 Å². The second kappa shape index (κ2) is 25.4. The zero-order chi connectivity index (χ0) is 48.8. The van der Waals surface area contributed by atoms with Crippen molar-refractivity contribution in [2.75, 3.05) is 47.6 Å². The number of carbonyl (C=O) groups is 5. The molecule has 0 spiro atoms. The molecule has 1 saturated heterocycles. The van der Waals surface area contributed by atoms with Crippen molar-refractivity contribution >= 4 is 45.2 Å². The van der Waals surface area contributed by atoms with Gasteiger partial charge < -0.3 is 35.6 Å². The molecule has 5 N–H and O–H groups in total. The van der Waals surface area contributed by atoms with Crippen molar-refractivity contribution in [3.05, 3.63) is 65.7 Å². The number of aryl methyl sites for hydroxylation is 1. The third kappa shape index (κ3) is 15.5. The summed E-state index contributed by atoms with van der Waals surface area (Å²) >= 11 is 0. The van der Waals surface area contributed by atoms with Crippen molar-refractivity contribution in [3.63, 3.8) is 0 Å². The van der Waals surface area contributed by atoms with Crippen molar-refractivity contribution in [2.45, 2.75) is 135 Å². The van der Waals surface area contributed by atoms with Crippen LogP contribution < -0.4 is 21.1 Å². The molecule has 0 radical (unpaired) electrons. The average molecular weight is 928 g/mol. The van der Waals surface area contributed by atoms with E-state index >= 15 is 0 Å². The molecule has 0 bridgehead atoms. The molecule has 1 fully saturated rings. The monoisotopic (exact) mass is 928 g/mol. The number of likely N-dealkylation sites (tertiary alicyclic amines) is 1. The lowest BCUT2D eigenvalue weighted by molar-refractivity contribution is -0.148. The van der Waals surface area contributed by atoms with Crippen LogP contribution >= 0.6 is 0 Å². The van der Waals surface area contributed by atoms with Gasteiger partial charge in [0.1, 0.15) is 12.1 Å². The molecular formula is C48H77N7O9S. The second-order valence-corrected chi connectivity index (χ2v) is 20.2. The van der Waals surface area contributed by atoms with Crippen LogP contribution in [0.1, 0.15) is 91.7 Å². The summed E-state index contributed by atoms with van der Waals surface area (Å²) in [5, 5.41) is 5.83. The number of hydrogen-bond acceptors (Lipinski definition) is 11. The van der Waals surface area contributed by atoms with E-state index in [1.807, 2.05) is 90.9 Å². The van der Waals surface area contributed by atoms with Crippen molar-refractivity contribution in [2.24, 2.45) is 23.7 Å². The minimum atomic E-state index is -4.15. The Balaban J connectivity index is 1.82. The van der Waals surface area contributed by atoms with E-state index in [-0.39, 0.29) is 48.3 Å². The molecule has 65 heavy (non-hydrogen) atoms. The molecular weight excluding hydrogens is 851 g/mol. The standard InChI is InChI=1S/C48H77N7O9S/c1-13-32(6)43(54(10)48(60)41(30(2)3)51-47(59)42(31(4)5)53(8)9)39(63-11)28-40(56)55-27-17-20-38(55)44(64-12)33(7)45(57)50-37(26-23-34-18-15-14-16-19-34)46(58)52-65(61,62)29-35-21-24-36(49)25-22-35/h14-16,18-19,21-22,24-25,30-33,37-39,41-44H,13,17,20,23,26-29,49H2,1-12H3,(H,50,57)(H,51,59)(H,52,58)/t32-,33+,37-,38-,39+,41-,42-,43-,44+/m0/s1. The summed E-state index contributed by atoms with van der Waals surface area (Å²) in [6.07, 6.45) is 0.845. The quantitative estimate of drug-likeness (QED) is 0.105. The van der Waals surface area contributed by atoms with Crippen molar-refractivity contribution in [3.8, 4) is 0 Å². The van der Waals surface area contributed by atoms with Crippen LogP contribution in [-0.2, 0) is 55.6 Å². The van der Waals surface area contributed by atoms with Crippen molar-refractivity contribution in [1.29, 1.82) is 0 Å². The Morgan fingerprint density at radius 2 is 1.46 bits per heavy atom. The Morgan fingerprint density at radius 1 is 0.831 bits per heavy atom. The van der Waals surface area contributed by atoms with Gasteiger partial charge in [0, 0.05) is 33.5 Å². The molecule has 16 nitrogen and oxygen atoms in total. The molecule has 0 unspecified atom stereocenters. The molecule has 9 atom stereocenters. The molecule has 1 aliphatic rings. The molecule has 0 aromatic heterocycles. The van der Waals surface area contributed by atoms with Crippen LogP contribution in [0.5, 0.6) is 0 Å². The molecule has 0 aliphatic carbocycles. The number of rotatable bonds is 25. The van der Waals surface area contributed by atoms with Crippen LogP contribution in [-0.4, -0.2) is 137 Å². The molecule has 5 amide bonds. The van der Waals surface area contributed by atoms with Gasteiger partial charge in [0.2, 0.25) is 33.7 Å². The smallest absolute Gasteiger partial charge is 0.256 e. The fraction of sp³-hybridized carbons (Fsp3) is 0.646. The molecule has 0 saturated carbocycles. The summed E-state index contributed by atoms with van der Waals surface area (Å²) in [6.45, 7) is 13.8. The molecule has 2 aromatic carbocycles. The number of nitrogens with two attached hydrogens (primary N) is 1. The van der Waals surface area contributed by atoms with E-state index in [0.29, 0.717) is 43.5 Å². The third-order valence-corrected chi connectivity index (χ3v) is 14.0. The van der Waals surface area contributed by atoms with E-state index in [0.717, 1.165) is 5.56 Å². The van der Waals surface area contributed by atoms with Crippen molar-refractivity contribution < 1.29 is 41.9 Å². The van der Waals surface area contributed by atoms with E-state index < -0.39 is 75.9 Å². The number of benzene rings is 2. The van der Waals surface area contributed by atoms with Gasteiger partial charge in [0.15, 0.2) is 0 Å². The maximum absolute atomic E-state index is 14.4. The fourth-order valence-electron chi connectivity index (χ4n) is 9.03. The first kappa shape index (κ1) is 54.8. The topological polar surface area (TPSA) is 210 Å². The first-order valence-electron chi connectivity index (χ1n) is 22.9. The largest absolute Gasteiger partial charge is 0.399 e. The lowest BCUT2D eigenvalue weighted by Crippen LogP contribution is -2.59. The molecule has 17 heteroatoms. The molecule has 2 aromatic rings. The van der Waals surface area contributed by atoms with Gasteiger partial charge in [-0.3, -0.25) is 33.6 Å². The van der Waals surface area contributed by atoms with Gasteiger partial charge in [-0.25, -0.2) is 8.42 Å². The maximum atomic E-state index is 14.4. The lowest BCUT2D eigenvalue weighted by atomic mass is 9.89. The van der Waals surface area contributed by atoms with Crippen LogP contribution in [0.15, 0.2) is 54.6 Å². The minimum absolute atomic E-state index is 0.0123. The Hall–Kier alpha value is -4.58. The summed E-state index contributed by atoms with van der Waals surface area (Å²) < 4.78 is 40.5. The Bertz CT molecular complexity index is 1960. The second-order valence-electron chi connectivity index (χ2n) is 18.5. The number of ether oxygens (including phenoxy) is 2. The number of nitrogen functional groups attached to an aromatic ring is 1. The highest BCUT2D eigenvalue weighted by Crippen LogP contribution is 2.30. The lowest BCUT2D eigenvalue weighted by Gasteiger charge is -2.41. The first-order chi connectivity index (χ1) is 30.6. The van der Waals surface area contributed by atoms with Crippen molar-refractivity contribution in [1.82, 2.24) is 30.1 Å². The van der Waals surface area contributed by atoms with E-state index in [1.54, 1.807) is 48.0 Å². The number of nitrogens with one attached hydrogen (secondary N) is 3. The van der Waals surface area contributed by atoms with Gasteiger partial charge in [0.05, 0.1) is 48.4 Å². The molecule has 1 aliphatic heterocycles. The van der Waals surface area contributed by atoms with Gasteiger partial charge in [-0.1, -0.05) is 97.4 Å². The van der Waals surface area contributed by atoms with Crippen LogP contribution in [0.2, 0.25) is 0 Å². The molecule has 3 rings (SSSR count). The van der Waals surface area contributed by atoms with E-state index in [9.17, 15) is 32.4 Å². The highest BCUT2D eigenvalue weighted by Gasteiger charge is 2.43. The third-order valence-electron chi connectivity index (χ3n) is 12.7. The number of anilines is 1. The highest BCUT2D eigenvalue weighted by molar-refractivity contribution is 7.89. The summed E-state index contributed by atoms with van der Waals surface area (Å²) in [5.74, 6) is -3.76. The van der Waals surface area contributed by atoms with Crippen LogP contribution in [0.4, 0.5) is 5.69 Å². The highest BCUT2D eigenvalue weighted by atomic mass is 32.2. The predicted octanol–water partition coefficient (Wildman–Crippen LogP) is 3.98. The molecule has 364 valence electrons. The average Bonchev–Trinajstić information content (AvgIpc) is 3.74. The summed E-state index contributed by atoms with van der Waals surface area (Å²) in [5.41, 5.74) is 7.56. The number of likely N-dealkylation sites (N-methyl/N-ethyl adjacent to an activating group) is 2. The number of amides is 5. The minimum Gasteiger partial charge on any atom is -0.399 e. The molecule has 1 heterocycles. The summed E-state index contributed by atoms with van der Waals surface area (Å²) in [4.78, 5) is 75.3. The van der Waals surface area contributed by atoms with E-state index in [4.69, 9.17) is 15.2 Å². The Morgan fingerprint density at radius 3 is 2.00 bits per heavy atom. The predicted molar refractivity (Wildman–Crippen MR) is 254 cm³/mol. The normalized spacial score (nSPS) is 18.0. The van der Waals surface area contributed by atoms with Gasteiger partial charge in [0.25, 0.3) is 5.91 Å².